The molecule has 5 heteroatoms. The van der Waals surface area contributed by atoms with E-state index in [1.807, 2.05) is 18.2 Å². The third-order valence-corrected chi connectivity index (χ3v) is 4.24. The molecule has 2 heterocycles. The number of nitrogens with two attached hydrogens (primary N) is 1. The molecular weight excluding hydrogens is 266 g/mol. The number of aryl methyl sites for hydroxylation is 2. The normalized spacial score (nSPS) is 17.8. The Labute approximate surface area is 124 Å². The molecule has 0 unspecified atom stereocenters. The molecule has 0 spiro atoms. The highest BCUT2D eigenvalue weighted by Crippen LogP contribution is 2.32. The molecule has 21 heavy (non-hydrogen) atoms. The summed E-state index contributed by atoms with van der Waals surface area (Å²) in [4.78, 5) is 4.58. The third kappa shape index (κ3) is 3.14. The van der Waals surface area contributed by atoms with Crippen LogP contribution in [0.1, 0.15) is 30.1 Å². The van der Waals surface area contributed by atoms with Crippen LogP contribution in [0.2, 0.25) is 0 Å². The van der Waals surface area contributed by atoms with Crippen molar-refractivity contribution in [1.29, 1.82) is 0 Å². The minimum atomic E-state index is -0.198. The monoisotopic (exact) mass is 287 g/mol. The lowest BCUT2D eigenvalue weighted by molar-refractivity contribution is 0.0409. The van der Waals surface area contributed by atoms with Crippen LogP contribution < -0.4 is 5.73 Å². The Kier molecular flexibility index (Phi) is 4.31. The summed E-state index contributed by atoms with van der Waals surface area (Å²) in [7, 11) is 0. The van der Waals surface area contributed by atoms with Gasteiger partial charge in [-0.15, -0.1) is 0 Å². The molecule has 1 aliphatic heterocycles. The molecule has 3 rings (SSSR count). The van der Waals surface area contributed by atoms with E-state index in [-0.39, 0.29) is 5.41 Å². The van der Waals surface area contributed by atoms with Gasteiger partial charge >= 0.3 is 0 Å². The maximum absolute atomic E-state index is 5.96. The van der Waals surface area contributed by atoms with Crippen LogP contribution >= 0.6 is 0 Å². The highest BCUT2D eigenvalue weighted by Gasteiger charge is 2.38. The topological polar surface area (TPSA) is 74.2 Å². The number of hydrogen-bond donors (Lipinski definition) is 1. The summed E-state index contributed by atoms with van der Waals surface area (Å²) in [6.45, 7) is 1.94. The van der Waals surface area contributed by atoms with Crippen molar-refractivity contribution < 1.29 is 9.26 Å². The van der Waals surface area contributed by atoms with Crippen LogP contribution in [0.5, 0.6) is 0 Å². The summed E-state index contributed by atoms with van der Waals surface area (Å²) in [5.74, 6) is 1.43. The minimum absolute atomic E-state index is 0.198. The third-order valence-electron chi connectivity index (χ3n) is 4.24. The molecule has 0 radical (unpaired) electrons. The van der Waals surface area contributed by atoms with E-state index >= 15 is 0 Å². The molecule has 5 nitrogen and oxygen atoms in total. The molecule has 1 fully saturated rings. The summed E-state index contributed by atoms with van der Waals surface area (Å²) in [6, 6.07) is 10.3. The molecule has 0 atom stereocenters. The first kappa shape index (κ1) is 14.2. The molecular formula is C16H21N3O2. The van der Waals surface area contributed by atoms with Crippen LogP contribution in [0.3, 0.4) is 0 Å². The standard InChI is InChI=1S/C16H21N3O2/c17-12-16(8-10-20-11-9-16)15-18-14(19-21-15)7-6-13-4-2-1-3-5-13/h1-5H,6-12,17H2. The number of benzene rings is 1. The van der Waals surface area contributed by atoms with Crippen molar-refractivity contribution in [2.24, 2.45) is 5.73 Å². The number of rotatable bonds is 5. The number of aromatic nitrogens is 2. The summed E-state index contributed by atoms with van der Waals surface area (Å²) in [5.41, 5.74) is 7.04. The first-order chi connectivity index (χ1) is 10.3. The van der Waals surface area contributed by atoms with E-state index in [9.17, 15) is 0 Å². The maximum atomic E-state index is 5.96. The lowest BCUT2D eigenvalue weighted by atomic mass is 9.80. The van der Waals surface area contributed by atoms with E-state index in [1.54, 1.807) is 0 Å². The van der Waals surface area contributed by atoms with E-state index in [2.05, 4.69) is 22.3 Å². The summed E-state index contributed by atoms with van der Waals surface area (Å²) >= 11 is 0. The highest BCUT2D eigenvalue weighted by molar-refractivity contribution is 5.16. The number of hydrogen-bond acceptors (Lipinski definition) is 5. The van der Waals surface area contributed by atoms with Gasteiger partial charge in [-0.05, 0) is 24.8 Å². The zero-order valence-electron chi connectivity index (χ0n) is 12.1. The SMILES string of the molecule is NCC1(c2nc(CCc3ccccc3)no2)CCOCC1. The van der Waals surface area contributed by atoms with Gasteiger partial charge in [0.15, 0.2) is 5.82 Å². The lowest BCUT2D eigenvalue weighted by Gasteiger charge is -2.32. The van der Waals surface area contributed by atoms with Crippen LogP contribution in [0.25, 0.3) is 0 Å². The highest BCUT2D eigenvalue weighted by atomic mass is 16.5. The van der Waals surface area contributed by atoms with Gasteiger partial charge in [-0.1, -0.05) is 35.5 Å². The van der Waals surface area contributed by atoms with Gasteiger partial charge in [-0.3, -0.25) is 0 Å². The predicted molar refractivity (Wildman–Crippen MR) is 78.9 cm³/mol. The zero-order chi connectivity index (χ0) is 14.5. The van der Waals surface area contributed by atoms with Gasteiger partial charge in [0, 0.05) is 26.2 Å². The van der Waals surface area contributed by atoms with Crippen LogP contribution in [-0.2, 0) is 23.0 Å². The average molecular weight is 287 g/mol. The first-order valence-electron chi connectivity index (χ1n) is 7.47. The Bertz CT molecular complexity index is 562. The Morgan fingerprint density at radius 2 is 1.86 bits per heavy atom. The number of ether oxygens (including phenoxy) is 1. The summed E-state index contributed by atoms with van der Waals surface area (Å²) < 4.78 is 10.9. The van der Waals surface area contributed by atoms with Crippen LogP contribution in [0.4, 0.5) is 0 Å². The Morgan fingerprint density at radius 3 is 2.57 bits per heavy atom. The fraction of sp³-hybridized carbons (Fsp3) is 0.500. The van der Waals surface area contributed by atoms with Gasteiger partial charge in [0.2, 0.25) is 5.89 Å². The Hall–Kier alpha value is -1.72. The molecule has 0 saturated carbocycles. The van der Waals surface area contributed by atoms with E-state index in [0.717, 1.165) is 31.5 Å². The smallest absolute Gasteiger partial charge is 0.234 e. The van der Waals surface area contributed by atoms with Gasteiger partial charge in [-0.2, -0.15) is 4.98 Å². The zero-order valence-corrected chi connectivity index (χ0v) is 12.1. The van der Waals surface area contributed by atoms with E-state index in [0.29, 0.717) is 25.6 Å². The van der Waals surface area contributed by atoms with Crippen molar-refractivity contribution in [1.82, 2.24) is 10.1 Å². The van der Waals surface area contributed by atoms with Crippen molar-refractivity contribution in [3.8, 4) is 0 Å². The van der Waals surface area contributed by atoms with Gasteiger partial charge in [0.25, 0.3) is 0 Å². The van der Waals surface area contributed by atoms with Crippen molar-refractivity contribution in [3.05, 3.63) is 47.6 Å². The molecule has 112 valence electrons. The summed E-state index contributed by atoms with van der Waals surface area (Å²) in [5, 5.41) is 4.12. The molecule has 0 bridgehead atoms. The van der Waals surface area contributed by atoms with Crippen LogP contribution in [-0.4, -0.2) is 29.9 Å². The van der Waals surface area contributed by atoms with Crippen molar-refractivity contribution in [3.63, 3.8) is 0 Å². The molecule has 1 saturated heterocycles. The Morgan fingerprint density at radius 1 is 1.10 bits per heavy atom. The molecule has 0 amide bonds. The molecule has 1 aromatic heterocycles. The fourth-order valence-electron chi connectivity index (χ4n) is 2.74. The van der Waals surface area contributed by atoms with Gasteiger partial charge < -0.3 is 15.0 Å². The first-order valence-corrected chi connectivity index (χ1v) is 7.47. The lowest BCUT2D eigenvalue weighted by Crippen LogP contribution is -2.40. The minimum Gasteiger partial charge on any atom is -0.381 e. The van der Waals surface area contributed by atoms with Gasteiger partial charge in [0.1, 0.15) is 0 Å². The van der Waals surface area contributed by atoms with Crippen LogP contribution in [0, 0.1) is 0 Å². The second-order valence-corrected chi connectivity index (χ2v) is 5.60. The maximum Gasteiger partial charge on any atom is 0.234 e. The largest absolute Gasteiger partial charge is 0.381 e. The fourth-order valence-corrected chi connectivity index (χ4v) is 2.74. The molecule has 2 N–H and O–H groups in total. The van der Waals surface area contributed by atoms with Crippen molar-refractivity contribution in [2.45, 2.75) is 31.1 Å². The van der Waals surface area contributed by atoms with E-state index in [1.165, 1.54) is 5.56 Å². The number of nitrogens with zero attached hydrogens (tertiary/aromatic N) is 2. The quantitative estimate of drug-likeness (QED) is 0.908. The average Bonchev–Trinajstić information content (AvgIpc) is 3.04. The predicted octanol–water partition coefficient (Wildman–Crippen LogP) is 1.86. The summed E-state index contributed by atoms with van der Waals surface area (Å²) in [6.07, 6.45) is 3.40. The van der Waals surface area contributed by atoms with Gasteiger partial charge in [-0.25, -0.2) is 0 Å². The van der Waals surface area contributed by atoms with Crippen LogP contribution in [0.15, 0.2) is 34.9 Å². The molecule has 1 aromatic carbocycles. The molecule has 1 aliphatic rings. The van der Waals surface area contributed by atoms with E-state index < -0.39 is 0 Å². The molecule has 2 aromatic rings. The second kappa shape index (κ2) is 6.37. The van der Waals surface area contributed by atoms with Crippen molar-refractivity contribution >= 4 is 0 Å². The molecule has 0 aliphatic carbocycles. The Balaban J connectivity index is 1.68. The van der Waals surface area contributed by atoms with Crippen molar-refractivity contribution in [2.75, 3.05) is 19.8 Å². The second-order valence-electron chi connectivity index (χ2n) is 5.60. The van der Waals surface area contributed by atoms with E-state index in [4.69, 9.17) is 15.0 Å². The van der Waals surface area contributed by atoms with Gasteiger partial charge in [0.05, 0.1) is 5.41 Å².